The minimum Gasteiger partial charge on any atom is -0.480 e. The first-order valence-electron chi connectivity index (χ1n) is 12.6. The molecule has 42 heavy (non-hydrogen) atoms. The molecule has 1 aliphatic heterocycles. The van der Waals surface area contributed by atoms with Crippen molar-refractivity contribution in [3.63, 3.8) is 0 Å². The second-order valence-electron chi connectivity index (χ2n) is 10.2. The highest BCUT2D eigenvalue weighted by molar-refractivity contribution is 7.95. The predicted molar refractivity (Wildman–Crippen MR) is 142 cm³/mol. The van der Waals surface area contributed by atoms with E-state index < -0.39 is 49.5 Å². The molecule has 2 N–H and O–H groups in total. The number of carbonyl (C=O) groups is 1. The van der Waals surface area contributed by atoms with E-state index in [4.69, 9.17) is 19.7 Å². The molecule has 1 aliphatic carbocycles. The lowest BCUT2D eigenvalue weighted by molar-refractivity contribution is -0.214. The maximum atomic E-state index is 15.3. The van der Waals surface area contributed by atoms with Crippen molar-refractivity contribution in [3.8, 4) is 28.6 Å². The molecule has 0 saturated heterocycles. The Morgan fingerprint density at radius 1 is 1.17 bits per heavy atom. The average Bonchev–Trinajstić information content (AvgIpc) is 3.57. The maximum Gasteiger partial charge on any atom is 0.490 e. The number of methoxy groups -OCH3 is 1. The summed E-state index contributed by atoms with van der Waals surface area (Å²) >= 11 is 0. The minimum atomic E-state index is -5.31. The third-order valence-corrected chi connectivity index (χ3v) is 11.0. The molecule has 2 unspecified atom stereocenters. The van der Waals surface area contributed by atoms with Gasteiger partial charge in [-0.1, -0.05) is 5.16 Å². The number of aromatic nitrogens is 3. The standard InChI is InChI=1S/C26H26F4N6O5S/c1-23(14-42(38,32-2)24(13-35-23)7-4-8-25(24,31)40-22(37)26(28,29)30)16-9-15(5-6-17(16)27)20-10-18(36-41-20)19-11-34-21(39-3)12-33-19/h5-6,9-13H,4,7-8,14,31H2,1-3H3/t23-,24?,25?,42-/m0/s1. The Kier molecular flexibility index (Phi) is 7.12. The normalized spacial score (nSPS) is 29.0. The van der Waals surface area contributed by atoms with Gasteiger partial charge in [0, 0.05) is 36.9 Å². The number of alkyl halides is 3. The summed E-state index contributed by atoms with van der Waals surface area (Å²) in [4.78, 5) is 24.6. The second-order valence-corrected chi connectivity index (χ2v) is 12.9. The Bertz CT molecular complexity index is 1690. The zero-order valence-electron chi connectivity index (χ0n) is 22.6. The number of benzene rings is 1. The van der Waals surface area contributed by atoms with Gasteiger partial charge in [-0.05, 0) is 38.0 Å². The summed E-state index contributed by atoms with van der Waals surface area (Å²) in [5, 5.41) is 4.00. The Morgan fingerprint density at radius 2 is 1.93 bits per heavy atom. The van der Waals surface area contributed by atoms with Crippen molar-refractivity contribution in [1.82, 2.24) is 15.1 Å². The van der Waals surface area contributed by atoms with Crippen molar-refractivity contribution in [2.75, 3.05) is 19.9 Å². The molecule has 1 fully saturated rings. The van der Waals surface area contributed by atoms with Crippen molar-refractivity contribution < 1.29 is 40.6 Å². The van der Waals surface area contributed by atoms with Crippen LogP contribution in [-0.2, 0) is 24.8 Å². The molecule has 5 rings (SSSR count). The molecule has 3 aromatic rings. The van der Waals surface area contributed by atoms with Crippen LogP contribution in [0.15, 0.2) is 50.5 Å². The van der Waals surface area contributed by atoms with E-state index in [2.05, 4.69) is 24.5 Å². The topological polar surface area (TPSA) is 155 Å². The monoisotopic (exact) mass is 610 g/mol. The molecular formula is C26H26F4N6O5S. The summed E-state index contributed by atoms with van der Waals surface area (Å²) in [6.45, 7) is 1.52. The highest BCUT2D eigenvalue weighted by Crippen LogP contribution is 2.50. The van der Waals surface area contributed by atoms with Crippen LogP contribution in [0.3, 0.4) is 0 Å². The van der Waals surface area contributed by atoms with Gasteiger partial charge in [0.1, 0.15) is 22.0 Å². The Hall–Kier alpha value is -3.92. The number of esters is 1. The van der Waals surface area contributed by atoms with Gasteiger partial charge in [-0.2, -0.15) is 13.2 Å². The van der Waals surface area contributed by atoms with Crippen molar-refractivity contribution in [2.45, 2.75) is 48.4 Å². The smallest absolute Gasteiger partial charge is 0.480 e. The third-order valence-electron chi connectivity index (χ3n) is 7.66. The first-order valence-corrected chi connectivity index (χ1v) is 14.3. The van der Waals surface area contributed by atoms with E-state index in [1.165, 1.54) is 51.7 Å². The first-order chi connectivity index (χ1) is 19.7. The largest absolute Gasteiger partial charge is 0.490 e. The number of rotatable bonds is 5. The number of halogens is 4. The lowest BCUT2D eigenvalue weighted by Crippen LogP contribution is -2.67. The van der Waals surface area contributed by atoms with Crippen LogP contribution in [0, 0.1) is 5.82 Å². The van der Waals surface area contributed by atoms with Crippen LogP contribution in [0.25, 0.3) is 22.7 Å². The zero-order valence-corrected chi connectivity index (χ0v) is 23.5. The van der Waals surface area contributed by atoms with Gasteiger partial charge in [-0.15, -0.1) is 0 Å². The molecule has 4 atom stereocenters. The average molecular weight is 611 g/mol. The maximum absolute atomic E-state index is 15.3. The Morgan fingerprint density at radius 3 is 2.57 bits per heavy atom. The molecule has 3 heterocycles. The van der Waals surface area contributed by atoms with Gasteiger partial charge in [0.2, 0.25) is 5.88 Å². The summed E-state index contributed by atoms with van der Waals surface area (Å²) < 4.78 is 86.5. The fourth-order valence-electron chi connectivity index (χ4n) is 5.43. The molecule has 0 bridgehead atoms. The number of nitrogens with two attached hydrogens (primary N) is 1. The van der Waals surface area contributed by atoms with E-state index in [9.17, 15) is 22.2 Å². The van der Waals surface area contributed by atoms with E-state index >= 15 is 4.39 Å². The van der Waals surface area contributed by atoms with E-state index in [-0.39, 0.29) is 30.6 Å². The van der Waals surface area contributed by atoms with Gasteiger partial charge >= 0.3 is 12.1 Å². The Labute approximate surface area is 237 Å². The molecule has 224 valence electrons. The van der Waals surface area contributed by atoms with Crippen LogP contribution in [0.1, 0.15) is 31.7 Å². The lowest BCUT2D eigenvalue weighted by atomic mass is 9.90. The highest BCUT2D eigenvalue weighted by atomic mass is 32.2. The molecule has 0 amide bonds. The quantitative estimate of drug-likeness (QED) is 0.256. The fraction of sp³-hybridized carbons (Fsp3) is 0.423. The van der Waals surface area contributed by atoms with Gasteiger partial charge in [-0.25, -0.2) is 27.7 Å². The molecule has 1 saturated carbocycles. The molecule has 1 aromatic carbocycles. The van der Waals surface area contributed by atoms with Crippen LogP contribution < -0.4 is 10.5 Å². The number of nitrogens with zero attached hydrogens (tertiary/aromatic N) is 5. The van der Waals surface area contributed by atoms with E-state index in [1.807, 2.05) is 0 Å². The van der Waals surface area contributed by atoms with E-state index in [1.54, 1.807) is 6.07 Å². The number of hydrogen-bond acceptors (Lipinski definition) is 11. The molecule has 11 nitrogen and oxygen atoms in total. The molecular weight excluding hydrogens is 584 g/mol. The van der Waals surface area contributed by atoms with Crippen LogP contribution >= 0.6 is 0 Å². The SMILES string of the molecule is CN=[S@]1(=O)C[C@@](C)(c2cc(-c3cc(-c4cnc(OC)cn4)no3)ccc2F)N=CC12CCCC2(N)OC(=O)C(F)(F)F. The molecule has 2 aliphatic rings. The molecule has 0 radical (unpaired) electrons. The summed E-state index contributed by atoms with van der Waals surface area (Å²) in [6, 6.07) is 5.68. The number of aliphatic imine (C=N–C) groups is 1. The summed E-state index contributed by atoms with van der Waals surface area (Å²) in [6.07, 6.45) is -1.31. The molecule has 2 aromatic heterocycles. The van der Waals surface area contributed by atoms with Crippen molar-refractivity contribution in [1.29, 1.82) is 0 Å². The highest BCUT2D eigenvalue weighted by Gasteiger charge is 2.65. The first kappa shape index (κ1) is 29.6. The zero-order chi connectivity index (χ0) is 30.6. The third kappa shape index (κ3) is 4.71. The summed E-state index contributed by atoms with van der Waals surface area (Å²) in [7, 11) is -0.887. The predicted octanol–water partition coefficient (Wildman–Crippen LogP) is 4.03. The molecule has 16 heteroatoms. The summed E-state index contributed by atoms with van der Waals surface area (Å²) in [5.41, 5.74) is 3.69. The summed E-state index contributed by atoms with van der Waals surface area (Å²) in [5.74, 6) is -3.01. The van der Waals surface area contributed by atoms with E-state index in [0.29, 0.717) is 22.8 Å². The van der Waals surface area contributed by atoms with Crippen molar-refractivity contribution >= 4 is 21.9 Å². The lowest BCUT2D eigenvalue weighted by Gasteiger charge is -2.46. The fourth-order valence-corrected chi connectivity index (χ4v) is 8.50. The second kappa shape index (κ2) is 10.1. The van der Waals surface area contributed by atoms with Gasteiger partial charge in [0.15, 0.2) is 11.5 Å². The molecule has 1 spiro atoms. The van der Waals surface area contributed by atoms with Crippen LogP contribution in [0.5, 0.6) is 5.88 Å². The van der Waals surface area contributed by atoms with Crippen LogP contribution in [0.2, 0.25) is 0 Å². The van der Waals surface area contributed by atoms with Crippen molar-refractivity contribution in [2.24, 2.45) is 15.1 Å². The van der Waals surface area contributed by atoms with Crippen LogP contribution in [-0.4, -0.2) is 68.1 Å². The van der Waals surface area contributed by atoms with Gasteiger partial charge in [0.25, 0.3) is 0 Å². The number of ether oxygens (including phenoxy) is 2. The minimum absolute atomic E-state index is 0.00199. The Balaban J connectivity index is 1.53. The van der Waals surface area contributed by atoms with Gasteiger partial charge in [0.05, 0.1) is 40.5 Å². The number of hydrogen-bond donors (Lipinski definition) is 1. The number of carbonyl (C=O) groups excluding carboxylic acids is 1. The van der Waals surface area contributed by atoms with Crippen molar-refractivity contribution in [3.05, 3.63) is 48.0 Å². The van der Waals surface area contributed by atoms with E-state index in [0.717, 1.165) is 6.21 Å². The van der Waals surface area contributed by atoms with Crippen LogP contribution in [0.4, 0.5) is 17.6 Å². The van der Waals surface area contributed by atoms with Gasteiger partial charge in [-0.3, -0.25) is 10.7 Å². The van der Waals surface area contributed by atoms with Gasteiger partial charge < -0.3 is 14.0 Å².